The molecule has 7 nitrogen and oxygen atoms in total. The quantitative estimate of drug-likeness (QED) is 0.424. The average molecular weight is 470 g/mol. The van der Waals surface area contributed by atoms with Gasteiger partial charge < -0.3 is 18.8 Å². The van der Waals surface area contributed by atoms with Gasteiger partial charge in [0.15, 0.2) is 0 Å². The summed E-state index contributed by atoms with van der Waals surface area (Å²) in [5.41, 5.74) is 4.76. The highest BCUT2D eigenvalue weighted by Gasteiger charge is 2.18. The largest absolute Gasteiger partial charge is 0.491 e. The fourth-order valence-electron chi connectivity index (χ4n) is 4.16. The van der Waals surface area contributed by atoms with Crippen LogP contribution in [0.3, 0.4) is 0 Å². The van der Waals surface area contributed by atoms with Gasteiger partial charge in [-0.3, -0.25) is 4.79 Å². The minimum atomic E-state index is -0.0547. The van der Waals surface area contributed by atoms with E-state index in [9.17, 15) is 4.79 Å². The number of hydrogen-bond acceptors (Lipinski definition) is 6. The van der Waals surface area contributed by atoms with Gasteiger partial charge >= 0.3 is 0 Å². The van der Waals surface area contributed by atoms with Crippen molar-refractivity contribution in [1.82, 2.24) is 15.1 Å². The molecule has 0 fully saturated rings. The van der Waals surface area contributed by atoms with Crippen LogP contribution in [0.15, 0.2) is 77.2 Å². The minimum Gasteiger partial charge on any atom is -0.491 e. The van der Waals surface area contributed by atoms with Crippen molar-refractivity contribution in [2.24, 2.45) is 0 Å². The third-order valence-corrected chi connectivity index (χ3v) is 5.91. The summed E-state index contributed by atoms with van der Waals surface area (Å²) in [6.45, 7) is 4.07. The summed E-state index contributed by atoms with van der Waals surface area (Å²) in [5.74, 6) is 1.77. The molecule has 3 aromatic carbocycles. The van der Waals surface area contributed by atoms with Crippen molar-refractivity contribution in [2.45, 2.75) is 19.9 Å². The van der Waals surface area contributed by atoms with E-state index < -0.39 is 0 Å². The highest BCUT2D eigenvalue weighted by atomic mass is 16.5. The molecule has 0 spiro atoms. The maximum absolute atomic E-state index is 13.4. The third kappa shape index (κ3) is 5.58. The van der Waals surface area contributed by atoms with Crippen LogP contribution in [0.2, 0.25) is 0 Å². The highest BCUT2D eigenvalue weighted by molar-refractivity contribution is 5.94. The van der Waals surface area contributed by atoms with Gasteiger partial charge in [-0.15, -0.1) is 10.2 Å². The van der Waals surface area contributed by atoms with E-state index in [0.29, 0.717) is 50.3 Å². The van der Waals surface area contributed by atoms with E-state index in [0.717, 1.165) is 28.9 Å². The number of nitrogens with zero attached hydrogens (tertiary/aromatic N) is 3. The van der Waals surface area contributed by atoms with E-state index in [1.165, 1.54) is 5.56 Å². The van der Waals surface area contributed by atoms with Gasteiger partial charge in [-0.2, -0.15) is 0 Å². The summed E-state index contributed by atoms with van der Waals surface area (Å²) in [6.07, 6.45) is 0.759. The summed E-state index contributed by atoms with van der Waals surface area (Å²) in [6, 6.07) is 23.7. The van der Waals surface area contributed by atoms with Crippen molar-refractivity contribution in [1.29, 1.82) is 0 Å². The molecule has 0 saturated carbocycles. The number of ether oxygens (including phenoxy) is 2. The minimum absolute atomic E-state index is 0.0547. The Bertz CT molecular complexity index is 1300. The van der Waals surface area contributed by atoms with Gasteiger partial charge in [0, 0.05) is 37.6 Å². The van der Waals surface area contributed by atoms with Gasteiger partial charge in [0.05, 0.1) is 13.2 Å². The molecular weight excluding hydrogens is 442 g/mol. The number of carbonyl (C=O) groups excluding carboxylic acids is 1. The second-order valence-electron chi connectivity index (χ2n) is 8.50. The fourth-order valence-corrected chi connectivity index (χ4v) is 4.16. The molecule has 0 radical (unpaired) electrons. The van der Waals surface area contributed by atoms with Crippen LogP contribution in [0, 0.1) is 6.92 Å². The maximum Gasteiger partial charge on any atom is 0.254 e. The number of amides is 1. The molecule has 2 bridgehead atoms. The molecule has 1 aliphatic rings. The molecule has 5 rings (SSSR count). The van der Waals surface area contributed by atoms with E-state index in [1.807, 2.05) is 41.3 Å². The van der Waals surface area contributed by atoms with Crippen molar-refractivity contribution in [3.05, 3.63) is 101 Å². The number of aryl methyl sites for hydroxylation is 1. The Labute approximate surface area is 204 Å². The Morgan fingerprint density at radius 1 is 0.886 bits per heavy atom. The van der Waals surface area contributed by atoms with Gasteiger partial charge in [-0.1, -0.05) is 42.5 Å². The first-order chi connectivity index (χ1) is 17.2. The molecule has 0 saturated heterocycles. The van der Waals surface area contributed by atoms with Gasteiger partial charge in [0.25, 0.3) is 5.91 Å². The lowest BCUT2D eigenvalue weighted by atomic mass is 10.0. The van der Waals surface area contributed by atoms with Crippen molar-refractivity contribution >= 4 is 5.91 Å². The van der Waals surface area contributed by atoms with E-state index in [2.05, 4.69) is 34.5 Å². The molecule has 2 heterocycles. The highest BCUT2D eigenvalue weighted by Crippen LogP contribution is 2.23. The van der Waals surface area contributed by atoms with Crippen LogP contribution in [0.1, 0.15) is 32.9 Å². The SMILES string of the molecule is Cc1nnc(-c2ccc(C(=O)N3CCOCCOc4ccccc4Cc4cccc(c4)C3)cc2)o1. The lowest BCUT2D eigenvalue weighted by Gasteiger charge is -2.24. The Hall–Kier alpha value is -3.97. The molecule has 0 unspecified atom stereocenters. The van der Waals surface area contributed by atoms with E-state index in [4.69, 9.17) is 13.9 Å². The summed E-state index contributed by atoms with van der Waals surface area (Å²) in [4.78, 5) is 15.3. The first-order valence-electron chi connectivity index (χ1n) is 11.7. The number of fused-ring (bicyclic) bond motifs is 3. The van der Waals surface area contributed by atoms with Gasteiger partial charge in [-0.25, -0.2) is 0 Å². The molecule has 4 aromatic rings. The molecule has 7 heteroatoms. The Morgan fingerprint density at radius 3 is 2.54 bits per heavy atom. The van der Waals surface area contributed by atoms with Gasteiger partial charge in [0.2, 0.25) is 11.8 Å². The number of hydrogen-bond donors (Lipinski definition) is 0. The van der Waals surface area contributed by atoms with Crippen molar-refractivity contribution in [3.8, 4) is 17.2 Å². The number of aromatic nitrogens is 2. The first kappa shape index (κ1) is 22.8. The standard InChI is InChI=1S/C28H27N3O4/c1-20-29-30-27(35-20)23-9-11-24(12-10-23)28(32)31-13-14-33-15-16-34-26-8-3-2-7-25(26)18-21-5-4-6-22(17-21)19-31/h2-12,17H,13-16,18-19H2,1H3. The van der Waals surface area contributed by atoms with E-state index >= 15 is 0 Å². The lowest BCUT2D eigenvalue weighted by molar-refractivity contribution is 0.0571. The summed E-state index contributed by atoms with van der Waals surface area (Å²) >= 11 is 0. The molecule has 1 aliphatic heterocycles. The van der Waals surface area contributed by atoms with Crippen LogP contribution in [-0.4, -0.2) is 47.4 Å². The lowest BCUT2D eigenvalue weighted by Crippen LogP contribution is -2.34. The second-order valence-corrected chi connectivity index (χ2v) is 8.50. The first-order valence-corrected chi connectivity index (χ1v) is 11.7. The van der Waals surface area contributed by atoms with Gasteiger partial charge in [-0.05, 0) is 47.0 Å². The monoisotopic (exact) mass is 469 g/mol. The predicted molar refractivity (Wildman–Crippen MR) is 131 cm³/mol. The van der Waals surface area contributed by atoms with Crippen LogP contribution in [0.5, 0.6) is 5.75 Å². The maximum atomic E-state index is 13.4. The van der Waals surface area contributed by atoms with Crippen molar-refractivity contribution < 1.29 is 18.7 Å². The van der Waals surface area contributed by atoms with Crippen LogP contribution >= 0.6 is 0 Å². The molecule has 35 heavy (non-hydrogen) atoms. The van der Waals surface area contributed by atoms with E-state index in [-0.39, 0.29) is 5.91 Å². The number of para-hydroxylation sites is 1. The summed E-state index contributed by atoms with van der Waals surface area (Å²) in [5, 5.41) is 7.91. The van der Waals surface area contributed by atoms with Crippen LogP contribution in [-0.2, 0) is 17.7 Å². The number of carbonyl (C=O) groups is 1. The number of rotatable bonds is 2. The van der Waals surface area contributed by atoms with E-state index in [1.54, 1.807) is 19.1 Å². The van der Waals surface area contributed by atoms with Crippen LogP contribution < -0.4 is 4.74 Å². The smallest absolute Gasteiger partial charge is 0.254 e. The number of benzene rings is 3. The third-order valence-electron chi connectivity index (χ3n) is 5.91. The van der Waals surface area contributed by atoms with Crippen molar-refractivity contribution in [2.75, 3.05) is 26.4 Å². The molecule has 178 valence electrons. The average Bonchev–Trinajstić information content (AvgIpc) is 3.32. The topological polar surface area (TPSA) is 77.7 Å². The normalized spacial score (nSPS) is 14.5. The molecular formula is C28H27N3O4. The van der Waals surface area contributed by atoms with Crippen LogP contribution in [0.4, 0.5) is 0 Å². The molecule has 1 amide bonds. The van der Waals surface area contributed by atoms with Crippen molar-refractivity contribution in [3.63, 3.8) is 0 Å². The Morgan fingerprint density at radius 2 is 1.71 bits per heavy atom. The Kier molecular flexibility index (Phi) is 6.86. The molecule has 1 aromatic heterocycles. The van der Waals surface area contributed by atoms with Gasteiger partial charge in [0.1, 0.15) is 12.4 Å². The zero-order valence-corrected chi connectivity index (χ0v) is 19.6. The second kappa shape index (κ2) is 10.5. The predicted octanol–water partition coefficient (Wildman–Crippen LogP) is 4.69. The Balaban J connectivity index is 1.38. The zero-order valence-electron chi connectivity index (χ0n) is 19.6. The zero-order chi connectivity index (χ0) is 24.0. The van der Waals surface area contributed by atoms with Crippen LogP contribution in [0.25, 0.3) is 11.5 Å². The fraction of sp³-hybridized carbons (Fsp3) is 0.250. The molecule has 0 N–H and O–H groups in total. The molecule has 0 atom stereocenters. The summed E-state index contributed by atoms with van der Waals surface area (Å²) in [7, 11) is 0. The molecule has 0 aliphatic carbocycles. The summed E-state index contributed by atoms with van der Waals surface area (Å²) < 4.78 is 17.3.